The zero-order valence-corrected chi connectivity index (χ0v) is 11.5. The van der Waals surface area contributed by atoms with Crippen molar-refractivity contribution in [2.24, 2.45) is 0 Å². The Morgan fingerprint density at radius 2 is 2.00 bits per heavy atom. The van der Waals surface area contributed by atoms with E-state index in [1.54, 1.807) is 24.3 Å². The number of hydrogen-bond donors (Lipinski definition) is 2. The van der Waals surface area contributed by atoms with Crippen molar-refractivity contribution in [2.75, 3.05) is 5.32 Å². The number of anilines is 1. The summed E-state index contributed by atoms with van der Waals surface area (Å²) in [5.74, 6) is -1.37. The quantitative estimate of drug-likeness (QED) is 0.881. The summed E-state index contributed by atoms with van der Waals surface area (Å²) in [5, 5.41) is 12.1. The molecule has 2 N–H and O–H groups in total. The van der Waals surface area contributed by atoms with E-state index in [4.69, 9.17) is 16.7 Å². The molecule has 0 heterocycles. The van der Waals surface area contributed by atoms with E-state index in [1.807, 2.05) is 6.92 Å². The third-order valence-electron chi connectivity index (χ3n) is 2.95. The van der Waals surface area contributed by atoms with Crippen molar-refractivity contribution in [3.05, 3.63) is 64.4 Å². The predicted molar refractivity (Wildman–Crippen MR) is 76.8 cm³/mol. The van der Waals surface area contributed by atoms with Gasteiger partial charge >= 0.3 is 5.97 Å². The fourth-order valence-electron chi connectivity index (χ4n) is 1.93. The number of aromatic carboxylic acids is 1. The van der Waals surface area contributed by atoms with Gasteiger partial charge in [0.25, 0.3) is 0 Å². The molecule has 2 aromatic carbocycles. The molecule has 0 bridgehead atoms. The van der Waals surface area contributed by atoms with Crippen LogP contribution in [0, 0.1) is 5.82 Å². The van der Waals surface area contributed by atoms with E-state index >= 15 is 0 Å². The van der Waals surface area contributed by atoms with E-state index in [2.05, 4.69) is 5.32 Å². The van der Waals surface area contributed by atoms with Crippen molar-refractivity contribution in [3.8, 4) is 0 Å². The van der Waals surface area contributed by atoms with Crippen LogP contribution < -0.4 is 5.32 Å². The average molecular weight is 294 g/mol. The molecule has 0 saturated carbocycles. The molecule has 0 spiro atoms. The highest BCUT2D eigenvalue weighted by Gasteiger charge is 2.12. The molecule has 2 rings (SSSR count). The van der Waals surface area contributed by atoms with Crippen LogP contribution in [0.1, 0.15) is 28.9 Å². The van der Waals surface area contributed by atoms with Crippen molar-refractivity contribution < 1.29 is 14.3 Å². The first kappa shape index (κ1) is 14.3. The molecule has 20 heavy (non-hydrogen) atoms. The Morgan fingerprint density at radius 3 is 2.60 bits per heavy atom. The molecule has 5 heteroatoms. The fraction of sp³-hybridized carbons (Fsp3) is 0.133. The molecule has 2 aromatic rings. The summed E-state index contributed by atoms with van der Waals surface area (Å²) in [5.41, 5.74) is 1.21. The van der Waals surface area contributed by atoms with Gasteiger partial charge in [0.2, 0.25) is 0 Å². The molecule has 0 fully saturated rings. The Balaban J connectivity index is 2.20. The molecule has 0 aliphatic carbocycles. The minimum Gasteiger partial charge on any atom is -0.478 e. The lowest BCUT2D eigenvalue weighted by Crippen LogP contribution is -2.09. The molecule has 0 aromatic heterocycles. The summed E-state index contributed by atoms with van der Waals surface area (Å²) in [6, 6.07) is 10.8. The van der Waals surface area contributed by atoms with Crippen molar-refractivity contribution in [1.82, 2.24) is 0 Å². The van der Waals surface area contributed by atoms with Crippen LogP contribution in [0.5, 0.6) is 0 Å². The maximum atomic E-state index is 13.6. The van der Waals surface area contributed by atoms with Gasteiger partial charge in [0.05, 0.1) is 16.6 Å². The summed E-state index contributed by atoms with van der Waals surface area (Å²) in [7, 11) is 0. The van der Waals surface area contributed by atoms with E-state index in [-0.39, 0.29) is 22.4 Å². The fourth-order valence-corrected chi connectivity index (χ4v) is 2.19. The lowest BCUT2D eigenvalue weighted by molar-refractivity contribution is 0.0697. The minimum absolute atomic E-state index is 0.0377. The molecule has 0 saturated heterocycles. The van der Waals surface area contributed by atoms with E-state index in [1.165, 1.54) is 18.2 Å². The molecule has 3 nitrogen and oxygen atoms in total. The molecule has 0 aliphatic heterocycles. The number of nitrogens with one attached hydrogen (secondary N) is 1. The zero-order valence-electron chi connectivity index (χ0n) is 10.7. The minimum atomic E-state index is -1.08. The molecule has 1 atom stereocenters. The lowest BCUT2D eigenvalue weighted by atomic mass is 10.1. The highest BCUT2D eigenvalue weighted by molar-refractivity contribution is 6.33. The number of carboxylic acids is 1. The number of carbonyl (C=O) groups is 1. The van der Waals surface area contributed by atoms with Crippen molar-refractivity contribution in [2.45, 2.75) is 13.0 Å². The van der Waals surface area contributed by atoms with Crippen molar-refractivity contribution in [3.63, 3.8) is 0 Å². The van der Waals surface area contributed by atoms with Crippen LogP contribution in [0.3, 0.4) is 0 Å². The first-order chi connectivity index (χ1) is 9.49. The van der Waals surface area contributed by atoms with Gasteiger partial charge in [0.1, 0.15) is 5.82 Å². The van der Waals surface area contributed by atoms with Gasteiger partial charge in [-0.1, -0.05) is 29.8 Å². The Bertz CT molecular complexity index is 646. The van der Waals surface area contributed by atoms with Gasteiger partial charge in [-0.15, -0.1) is 0 Å². The maximum Gasteiger partial charge on any atom is 0.337 e. The predicted octanol–water partition coefficient (Wildman–Crippen LogP) is 4.35. The second kappa shape index (κ2) is 5.92. The molecular weight excluding hydrogens is 281 g/mol. The van der Waals surface area contributed by atoms with E-state index in [0.717, 1.165) is 0 Å². The van der Waals surface area contributed by atoms with E-state index < -0.39 is 5.97 Å². The van der Waals surface area contributed by atoms with Crippen LogP contribution in [0.25, 0.3) is 0 Å². The summed E-state index contributed by atoms with van der Waals surface area (Å²) < 4.78 is 13.6. The van der Waals surface area contributed by atoms with Crippen LogP contribution in [0.2, 0.25) is 5.02 Å². The number of hydrogen-bond acceptors (Lipinski definition) is 2. The molecule has 1 unspecified atom stereocenters. The highest BCUT2D eigenvalue weighted by Crippen LogP contribution is 2.25. The molecule has 0 amide bonds. The Kier molecular flexibility index (Phi) is 4.25. The standard InChI is InChI=1S/C15H13ClFNO2/c1-9(11-4-2-3-5-14(11)17)18-10-6-7-12(15(19)20)13(16)8-10/h2-9,18H,1H3,(H,19,20). The van der Waals surface area contributed by atoms with Gasteiger partial charge in [0.15, 0.2) is 0 Å². The molecule has 0 aliphatic rings. The Labute approximate surface area is 121 Å². The van der Waals surface area contributed by atoms with Gasteiger partial charge in [-0.25, -0.2) is 9.18 Å². The number of halogens is 2. The normalized spacial score (nSPS) is 11.9. The van der Waals surface area contributed by atoms with Crippen LogP contribution in [-0.4, -0.2) is 11.1 Å². The van der Waals surface area contributed by atoms with Crippen molar-refractivity contribution in [1.29, 1.82) is 0 Å². The SMILES string of the molecule is CC(Nc1ccc(C(=O)O)c(Cl)c1)c1ccccc1F. The topological polar surface area (TPSA) is 49.3 Å². The van der Waals surface area contributed by atoms with E-state index in [9.17, 15) is 9.18 Å². The summed E-state index contributed by atoms with van der Waals surface area (Å²) in [6.07, 6.45) is 0. The zero-order chi connectivity index (χ0) is 14.7. The monoisotopic (exact) mass is 293 g/mol. The van der Waals surface area contributed by atoms with Crippen LogP contribution in [0.15, 0.2) is 42.5 Å². The molecule has 104 valence electrons. The number of benzene rings is 2. The smallest absolute Gasteiger partial charge is 0.337 e. The second-order valence-electron chi connectivity index (χ2n) is 4.39. The van der Waals surface area contributed by atoms with E-state index in [0.29, 0.717) is 11.3 Å². The van der Waals surface area contributed by atoms with Crippen LogP contribution >= 0.6 is 11.6 Å². The average Bonchev–Trinajstić information content (AvgIpc) is 2.38. The van der Waals surface area contributed by atoms with Crippen LogP contribution in [0.4, 0.5) is 10.1 Å². The maximum absolute atomic E-state index is 13.6. The van der Waals surface area contributed by atoms with Gasteiger partial charge in [-0.2, -0.15) is 0 Å². The summed E-state index contributed by atoms with van der Waals surface area (Å²) in [4.78, 5) is 10.9. The number of carboxylic acid groups (broad SMARTS) is 1. The highest BCUT2D eigenvalue weighted by atomic mass is 35.5. The van der Waals surface area contributed by atoms with Gasteiger partial charge < -0.3 is 10.4 Å². The first-order valence-electron chi connectivity index (χ1n) is 6.03. The third kappa shape index (κ3) is 3.08. The van der Waals surface area contributed by atoms with Gasteiger partial charge in [-0.05, 0) is 31.2 Å². The molecular formula is C15H13ClFNO2. The Hall–Kier alpha value is -2.07. The third-order valence-corrected chi connectivity index (χ3v) is 3.27. The summed E-state index contributed by atoms with van der Waals surface area (Å²) in [6.45, 7) is 1.82. The second-order valence-corrected chi connectivity index (χ2v) is 4.79. The van der Waals surface area contributed by atoms with Gasteiger partial charge in [0, 0.05) is 11.3 Å². The molecule has 0 radical (unpaired) electrons. The Morgan fingerprint density at radius 1 is 1.30 bits per heavy atom. The van der Waals surface area contributed by atoms with Crippen molar-refractivity contribution >= 4 is 23.3 Å². The first-order valence-corrected chi connectivity index (χ1v) is 6.40. The summed E-state index contributed by atoms with van der Waals surface area (Å²) >= 11 is 5.89. The van der Waals surface area contributed by atoms with Crippen LogP contribution in [-0.2, 0) is 0 Å². The largest absolute Gasteiger partial charge is 0.478 e. The van der Waals surface area contributed by atoms with Gasteiger partial charge in [-0.3, -0.25) is 0 Å². The number of rotatable bonds is 4. The lowest BCUT2D eigenvalue weighted by Gasteiger charge is -2.16.